The Labute approximate surface area is 131 Å². The van der Waals surface area contributed by atoms with E-state index in [9.17, 15) is 14.7 Å². The zero-order chi connectivity index (χ0) is 16.1. The molecule has 2 amide bonds. The molecular weight excluding hydrogens is 280 g/mol. The standard InChI is InChI=1S/C17H24N2O3/c1-11-7-12(2)9-14(8-11)19-17(22)16(21)18-10-13-5-3-4-6-15(13)20/h7-9,13,15,20H,3-6,10H2,1-2H3,(H,18,21)(H,19,22)/t13-,15-/m1/s1. The largest absolute Gasteiger partial charge is 0.393 e. The molecule has 0 bridgehead atoms. The third-order valence-corrected chi connectivity index (χ3v) is 4.08. The van der Waals surface area contributed by atoms with Crippen LogP contribution < -0.4 is 10.6 Å². The number of aliphatic hydroxyl groups excluding tert-OH is 1. The minimum absolute atomic E-state index is 0.0479. The normalized spacial score (nSPS) is 21.2. The van der Waals surface area contributed by atoms with Crippen LogP contribution in [0.2, 0.25) is 0 Å². The summed E-state index contributed by atoms with van der Waals surface area (Å²) in [6.45, 7) is 4.22. The first kappa shape index (κ1) is 16.5. The molecule has 2 atom stereocenters. The second-order valence-electron chi connectivity index (χ2n) is 6.15. The van der Waals surface area contributed by atoms with Crippen molar-refractivity contribution in [3.05, 3.63) is 29.3 Å². The van der Waals surface area contributed by atoms with Gasteiger partial charge in [-0.2, -0.15) is 0 Å². The summed E-state index contributed by atoms with van der Waals surface area (Å²) in [5, 5.41) is 15.1. The van der Waals surface area contributed by atoms with Gasteiger partial charge < -0.3 is 15.7 Å². The number of anilines is 1. The van der Waals surface area contributed by atoms with Gasteiger partial charge in [-0.15, -0.1) is 0 Å². The maximum absolute atomic E-state index is 11.9. The summed E-state index contributed by atoms with van der Waals surface area (Å²) in [7, 11) is 0. The number of benzene rings is 1. The highest BCUT2D eigenvalue weighted by atomic mass is 16.3. The zero-order valence-corrected chi connectivity index (χ0v) is 13.2. The number of nitrogens with one attached hydrogen (secondary N) is 2. The molecule has 5 nitrogen and oxygen atoms in total. The predicted octanol–water partition coefficient (Wildman–Crippen LogP) is 1.91. The number of hydrogen-bond donors (Lipinski definition) is 3. The van der Waals surface area contributed by atoms with Crippen LogP contribution in [0.15, 0.2) is 18.2 Å². The van der Waals surface area contributed by atoms with Gasteiger partial charge in [-0.1, -0.05) is 18.9 Å². The second-order valence-corrected chi connectivity index (χ2v) is 6.15. The van der Waals surface area contributed by atoms with E-state index in [-0.39, 0.29) is 12.0 Å². The van der Waals surface area contributed by atoms with Crippen LogP contribution in [-0.4, -0.2) is 29.6 Å². The maximum atomic E-state index is 11.9. The number of aliphatic hydroxyl groups is 1. The molecule has 0 aromatic heterocycles. The molecule has 1 aliphatic rings. The molecule has 1 saturated carbocycles. The third-order valence-electron chi connectivity index (χ3n) is 4.08. The second kappa shape index (κ2) is 7.40. The van der Waals surface area contributed by atoms with Crippen molar-refractivity contribution in [1.82, 2.24) is 5.32 Å². The number of carbonyl (C=O) groups excluding carboxylic acids is 2. The lowest BCUT2D eigenvalue weighted by atomic mass is 9.86. The van der Waals surface area contributed by atoms with E-state index in [4.69, 9.17) is 0 Å². The van der Waals surface area contributed by atoms with E-state index in [0.717, 1.165) is 36.8 Å². The Morgan fingerprint density at radius 1 is 1.09 bits per heavy atom. The van der Waals surface area contributed by atoms with E-state index in [1.54, 1.807) is 0 Å². The van der Waals surface area contributed by atoms with Crippen LogP contribution in [0.3, 0.4) is 0 Å². The first-order chi connectivity index (χ1) is 10.5. The molecule has 120 valence electrons. The lowest BCUT2D eigenvalue weighted by Gasteiger charge is -2.27. The van der Waals surface area contributed by atoms with Crippen LogP contribution in [0, 0.1) is 19.8 Å². The van der Waals surface area contributed by atoms with Gasteiger partial charge in [-0.3, -0.25) is 9.59 Å². The smallest absolute Gasteiger partial charge is 0.313 e. The fourth-order valence-electron chi connectivity index (χ4n) is 2.96. The first-order valence-corrected chi connectivity index (χ1v) is 7.81. The number of carbonyl (C=O) groups is 2. The molecular formula is C17H24N2O3. The lowest BCUT2D eigenvalue weighted by Crippen LogP contribution is -2.41. The zero-order valence-electron chi connectivity index (χ0n) is 13.2. The molecule has 0 saturated heterocycles. The summed E-state index contributed by atoms with van der Waals surface area (Å²) in [5.74, 6) is -1.28. The van der Waals surface area contributed by atoms with E-state index in [1.165, 1.54) is 0 Å². The van der Waals surface area contributed by atoms with Crippen molar-refractivity contribution in [3.8, 4) is 0 Å². The summed E-state index contributed by atoms with van der Waals surface area (Å²) >= 11 is 0. The topological polar surface area (TPSA) is 78.4 Å². The van der Waals surface area contributed by atoms with Gasteiger partial charge in [0.25, 0.3) is 0 Å². The highest BCUT2D eigenvalue weighted by Gasteiger charge is 2.24. The number of hydrogen-bond acceptors (Lipinski definition) is 3. The van der Waals surface area contributed by atoms with Gasteiger partial charge in [0.05, 0.1) is 6.10 Å². The van der Waals surface area contributed by atoms with Crippen molar-refractivity contribution >= 4 is 17.5 Å². The molecule has 0 spiro atoms. The Kier molecular flexibility index (Phi) is 5.55. The average Bonchev–Trinajstić information content (AvgIpc) is 2.45. The van der Waals surface area contributed by atoms with Crippen LogP contribution >= 0.6 is 0 Å². The molecule has 1 aromatic rings. The quantitative estimate of drug-likeness (QED) is 0.746. The first-order valence-electron chi connectivity index (χ1n) is 7.81. The molecule has 22 heavy (non-hydrogen) atoms. The van der Waals surface area contributed by atoms with Crippen molar-refractivity contribution in [1.29, 1.82) is 0 Å². The fraction of sp³-hybridized carbons (Fsp3) is 0.529. The number of rotatable bonds is 3. The Bertz CT molecular complexity index is 537. The predicted molar refractivity (Wildman–Crippen MR) is 85.5 cm³/mol. The van der Waals surface area contributed by atoms with Gasteiger partial charge in [0.15, 0.2) is 0 Å². The summed E-state index contributed by atoms with van der Waals surface area (Å²) < 4.78 is 0. The number of aryl methyl sites for hydroxylation is 2. The van der Waals surface area contributed by atoms with E-state index < -0.39 is 11.8 Å². The van der Waals surface area contributed by atoms with Gasteiger partial charge in [0, 0.05) is 18.2 Å². The van der Waals surface area contributed by atoms with E-state index in [2.05, 4.69) is 10.6 Å². The van der Waals surface area contributed by atoms with Crippen molar-refractivity contribution in [2.75, 3.05) is 11.9 Å². The minimum Gasteiger partial charge on any atom is -0.393 e. The monoisotopic (exact) mass is 304 g/mol. The van der Waals surface area contributed by atoms with Crippen LogP contribution in [0.4, 0.5) is 5.69 Å². The highest BCUT2D eigenvalue weighted by molar-refractivity contribution is 6.39. The summed E-state index contributed by atoms with van der Waals surface area (Å²) in [4.78, 5) is 23.8. The van der Waals surface area contributed by atoms with Gasteiger partial charge in [-0.05, 0) is 49.9 Å². The maximum Gasteiger partial charge on any atom is 0.313 e. The van der Waals surface area contributed by atoms with Crippen LogP contribution in [0.5, 0.6) is 0 Å². The van der Waals surface area contributed by atoms with E-state index in [0.29, 0.717) is 12.2 Å². The Morgan fingerprint density at radius 2 is 1.73 bits per heavy atom. The molecule has 3 N–H and O–H groups in total. The fourth-order valence-corrected chi connectivity index (χ4v) is 2.96. The molecule has 2 rings (SSSR count). The van der Waals surface area contributed by atoms with Crippen molar-refractivity contribution in [2.24, 2.45) is 5.92 Å². The van der Waals surface area contributed by atoms with Crippen LogP contribution in [-0.2, 0) is 9.59 Å². The Balaban J connectivity index is 1.85. The molecule has 5 heteroatoms. The molecule has 1 fully saturated rings. The SMILES string of the molecule is Cc1cc(C)cc(NC(=O)C(=O)NC[C@H]2CCCC[C@H]2O)c1. The molecule has 1 aliphatic carbocycles. The van der Waals surface area contributed by atoms with Gasteiger partial charge in [0.2, 0.25) is 0 Å². The highest BCUT2D eigenvalue weighted by Crippen LogP contribution is 2.23. The van der Waals surface area contributed by atoms with Crippen LogP contribution in [0.25, 0.3) is 0 Å². The molecule has 0 unspecified atom stereocenters. The molecule has 1 aromatic carbocycles. The summed E-state index contributed by atoms with van der Waals surface area (Å²) in [6.07, 6.45) is 3.37. The third kappa shape index (κ3) is 4.56. The van der Waals surface area contributed by atoms with E-state index >= 15 is 0 Å². The number of amides is 2. The molecule has 0 aliphatic heterocycles. The van der Waals surface area contributed by atoms with Gasteiger partial charge >= 0.3 is 11.8 Å². The van der Waals surface area contributed by atoms with Gasteiger partial charge in [0.1, 0.15) is 0 Å². The molecule has 0 heterocycles. The summed E-state index contributed by atoms with van der Waals surface area (Å²) in [5.41, 5.74) is 2.68. The van der Waals surface area contributed by atoms with Crippen molar-refractivity contribution in [2.45, 2.75) is 45.6 Å². The lowest BCUT2D eigenvalue weighted by molar-refractivity contribution is -0.136. The van der Waals surface area contributed by atoms with Crippen LogP contribution in [0.1, 0.15) is 36.8 Å². The average molecular weight is 304 g/mol. The van der Waals surface area contributed by atoms with Gasteiger partial charge in [-0.25, -0.2) is 0 Å². The summed E-state index contributed by atoms with van der Waals surface area (Å²) in [6, 6.07) is 5.65. The Hall–Kier alpha value is -1.88. The Morgan fingerprint density at radius 3 is 2.36 bits per heavy atom. The van der Waals surface area contributed by atoms with Crippen molar-refractivity contribution in [3.63, 3.8) is 0 Å². The molecule has 0 radical (unpaired) electrons. The van der Waals surface area contributed by atoms with Crippen molar-refractivity contribution < 1.29 is 14.7 Å². The minimum atomic E-state index is -0.671. The van der Waals surface area contributed by atoms with E-state index in [1.807, 2.05) is 32.0 Å².